The first-order valence-corrected chi connectivity index (χ1v) is 7.98. The van der Waals surface area contributed by atoms with Crippen LogP contribution in [0.25, 0.3) is 11.0 Å². The van der Waals surface area contributed by atoms with Crippen molar-refractivity contribution < 1.29 is 19.1 Å². The molecule has 2 heterocycles. The molecule has 1 fully saturated rings. The third-order valence-electron chi connectivity index (χ3n) is 4.58. The normalized spacial score (nSPS) is 21.6. The molecule has 2 aromatic rings. The number of aliphatic carboxylic acids is 1. The number of furan rings is 1. The van der Waals surface area contributed by atoms with Gasteiger partial charge in [0, 0.05) is 28.6 Å². The van der Waals surface area contributed by atoms with Gasteiger partial charge in [0.15, 0.2) is 5.76 Å². The molecule has 1 amide bonds. The average Bonchev–Trinajstić information content (AvgIpc) is 2.83. The van der Waals surface area contributed by atoms with Crippen LogP contribution in [0.3, 0.4) is 0 Å². The summed E-state index contributed by atoms with van der Waals surface area (Å²) >= 11 is 6.00. The Hall–Kier alpha value is -2.01. The number of hydrogen-bond donors (Lipinski definition) is 1. The lowest BCUT2D eigenvalue weighted by Crippen LogP contribution is -2.47. The van der Waals surface area contributed by atoms with Crippen LogP contribution < -0.4 is 0 Å². The highest BCUT2D eigenvalue weighted by Gasteiger charge is 2.35. The number of rotatable bonds is 2. The average molecular weight is 336 g/mol. The van der Waals surface area contributed by atoms with E-state index in [0.717, 1.165) is 10.9 Å². The number of aryl methyl sites for hydroxylation is 1. The van der Waals surface area contributed by atoms with Gasteiger partial charge < -0.3 is 14.4 Å². The highest BCUT2D eigenvalue weighted by molar-refractivity contribution is 6.31. The minimum Gasteiger partial charge on any atom is -0.481 e. The molecule has 2 atom stereocenters. The maximum atomic E-state index is 12.9. The van der Waals surface area contributed by atoms with E-state index in [1.807, 2.05) is 13.8 Å². The van der Waals surface area contributed by atoms with Gasteiger partial charge in [0.05, 0.1) is 5.92 Å². The second kappa shape index (κ2) is 5.89. The molecule has 1 aliphatic rings. The zero-order valence-electron chi connectivity index (χ0n) is 13.0. The van der Waals surface area contributed by atoms with Gasteiger partial charge in [-0.25, -0.2) is 0 Å². The summed E-state index contributed by atoms with van der Waals surface area (Å²) in [6, 6.07) is 5.22. The molecule has 23 heavy (non-hydrogen) atoms. The van der Waals surface area contributed by atoms with E-state index in [2.05, 4.69) is 0 Å². The van der Waals surface area contributed by atoms with Crippen molar-refractivity contribution >= 4 is 34.4 Å². The Morgan fingerprint density at radius 2 is 2.09 bits per heavy atom. The van der Waals surface area contributed by atoms with Crippen molar-refractivity contribution in [1.29, 1.82) is 0 Å². The van der Waals surface area contributed by atoms with Gasteiger partial charge in [-0.2, -0.15) is 0 Å². The molecule has 1 aromatic carbocycles. The predicted molar refractivity (Wildman–Crippen MR) is 86.8 cm³/mol. The van der Waals surface area contributed by atoms with Crippen molar-refractivity contribution in [1.82, 2.24) is 4.90 Å². The summed E-state index contributed by atoms with van der Waals surface area (Å²) in [5.41, 5.74) is 1.34. The van der Waals surface area contributed by atoms with Crippen molar-refractivity contribution in [3.63, 3.8) is 0 Å². The fourth-order valence-electron chi connectivity index (χ4n) is 3.12. The SMILES string of the molecule is Cc1c(C(=O)N2CC(C(=O)O)CCC2C)oc2ccc(Cl)cc12. The topological polar surface area (TPSA) is 70.8 Å². The third kappa shape index (κ3) is 2.81. The summed E-state index contributed by atoms with van der Waals surface area (Å²) in [6.07, 6.45) is 1.27. The second-order valence-electron chi connectivity index (χ2n) is 6.12. The minimum absolute atomic E-state index is 0.00528. The highest BCUT2D eigenvalue weighted by atomic mass is 35.5. The summed E-state index contributed by atoms with van der Waals surface area (Å²) in [6.45, 7) is 3.97. The minimum atomic E-state index is -0.859. The lowest BCUT2D eigenvalue weighted by molar-refractivity contribution is -0.143. The fourth-order valence-corrected chi connectivity index (χ4v) is 3.29. The zero-order valence-corrected chi connectivity index (χ0v) is 13.8. The number of piperidine rings is 1. The van der Waals surface area contributed by atoms with Gasteiger partial charge in [0.25, 0.3) is 5.91 Å². The van der Waals surface area contributed by atoms with Crippen LogP contribution in [0.15, 0.2) is 22.6 Å². The molecule has 122 valence electrons. The van der Waals surface area contributed by atoms with Crippen LogP contribution in [0.4, 0.5) is 0 Å². The van der Waals surface area contributed by atoms with Gasteiger partial charge in [-0.05, 0) is 44.9 Å². The summed E-state index contributed by atoms with van der Waals surface area (Å²) < 4.78 is 5.72. The van der Waals surface area contributed by atoms with Gasteiger partial charge >= 0.3 is 5.97 Å². The van der Waals surface area contributed by atoms with Crippen LogP contribution >= 0.6 is 11.6 Å². The van der Waals surface area contributed by atoms with E-state index < -0.39 is 11.9 Å². The number of hydrogen-bond acceptors (Lipinski definition) is 3. The van der Waals surface area contributed by atoms with Crippen molar-refractivity contribution in [2.75, 3.05) is 6.54 Å². The number of halogens is 1. The summed E-state index contributed by atoms with van der Waals surface area (Å²) in [5, 5.41) is 10.6. The molecule has 1 aliphatic heterocycles. The Bertz CT molecular complexity index is 782. The number of fused-ring (bicyclic) bond motifs is 1. The monoisotopic (exact) mass is 335 g/mol. The number of carboxylic acid groups (broad SMARTS) is 1. The lowest BCUT2D eigenvalue weighted by Gasteiger charge is -2.36. The molecule has 0 bridgehead atoms. The first-order valence-electron chi connectivity index (χ1n) is 7.61. The van der Waals surface area contributed by atoms with Crippen LogP contribution in [-0.2, 0) is 4.79 Å². The van der Waals surface area contributed by atoms with E-state index in [0.29, 0.717) is 23.4 Å². The van der Waals surface area contributed by atoms with Gasteiger partial charge in [-0.1, -0.05) is 11.6 Å². The molecule has 1 saturated heterocycles. The molecule has 1 N–H and O–H groups in total. The Labute approximate surface area is 138 Å². The fraction of sp³-hybridized carbons (Fsp3) is 0.412. The number of nitrogens with zero attached hydrogens (tertiary/aromatic N) is 1. The van der Waals surface area contributed by atoms with Crippen LogP contribution in [0.2, 0.25) is 5.02 Å². The van der Waals surface area contributed by atoms with Crippen molar-refractivity contribution in [3.05, 3.63) is 34.5 Å². The van der Waals surface area contributed by atoms with Crippen molar-refractivity contribution in [2.45, 2.75) is 32.7 Å². The molecule has 0 spiro atoms. The largest absolute Gasteiger partial charge is 0.481 e. The molecule has 6 heteroatoms. The number of amides is 1. The Kier molecular flexibility index (Phi) is 4.06. The maximum absolute atomic E-state index is 12.9. The van der Waals surface area contributed by atoms with Crippen molar-refractivity contribution in [3.8, 4) is 0 Å². The highest BCUT2D eigenvalue weighted by Crippen LogP contribution is 2.31. The number of carbonyl (C=O) groups is 2. The number of benzene rings is 1. The first-order chi connectivity index (χ1) is 10.9. The number of likely N-dealkylation sites (tertiary alicyclic amines) is 1. The van der Waals surface area contributed by atoms with E-state index in [1.54, 1.807) is 23.1 Å². The third-order valence-corrected chi connectivity index (χ3v) is 4.82. The van der Waals surface area contributed by atoms with E-state index in [4.69, 9.17) is 16.0 Å². The molecule has 5 nitrogen and oxygen atoms in total. The van der Waals surface area contributed by atoms with Crippen molar-refractivity contribution in [2.24, 2.45) is 5.92 Å². The van der Waals surface area contributed by atoms with E-state index in [1.165, 1.54) is 0 Å². The Morgan fingerprint density at radius 1 is 1.35 bits per heavy atom. The quantitative estimate of drug-likeness (QED) is 0.908. The van der Waals surface area contributed by atoms with Gasteiger partial charge in [-0.15, -0.1) is 0 Å². The summed E-state index contributed by atoms with van der Waals surface area (Å²) in [5.74, 6) is -1.37. The van der Waals surface area contributed by atoms with Crippen LogP contribution in [-0.4, -0.2) is 34.5 Å². The van der Waals surface area contributed by atoms with Crippen LogP contribution in [0.1, 0.15) is 35.9 Å². The smallest absolute Gasteiger partial charge is 0.308 e. The number of carboxylic acids is 1. The lowest BCUT2D eigenvalue weighted by atomic mass is 9.93. The summed E-state index contributed by atoms with van der Waals surface area (Å²) in [4.78, 5) is 25.7. The molecular weight excluding hydrogens is 318 g/mol. The Balaban J connectivity index is 1.96. The zero-order chi connectivity index (χ0) is 16.7. The van der Waals surface area contributed by atoms with E-state index in [9.17, 15) is 14.7 Å². The Morgan fingerprint density at radius 3 is 2.78 bits per heavy atom. The van der Waals surface area contributed by atoms with Crippen LogP contribution in [0.5, 0.6) is 0 Å². The standard InChI is InChI=1S/C17H18ClNO4/c1-9-3-4-11(17(21)22)8-19(9)16(20)15-10(2)13-7-12(18)5-6-14(13)23-15/h5-7,9,11H,3-4,8H2,1-2H3,(H,21,22). The second-order valence-corrected chi connectivity index (χ2v) is 6.55. The number of carbonyl (C=O) groups excluding carboxylic acids is 1. The molecular formula is C17H18ClNO4. The first kappa shape index (κ1) is 15.9. The molecule has 1 aromatic heterocycles. The molecule has 2 unspecified atom stereocenters. The van der Waals surface area contributed by atoms with Gasteiger partial charge in [0.2, 0.25) is 0 Å². The molecule has 0 aliphatic carbocycles. The predicted octanol–water partition coefficient (Wildman–Crippen LogP) is 3.72. The van der Waals surface area contributed by atoms with E-state index >= 15 is 0 Å². The molecule has 0 saturated carbocycles. The molecule has 3 rings (SSSR count). The van der Waals surface area contributed by atoms with E-state index in [-0.39, 0.29) is 24.3 Å². The summed E-state index contributed by atoms with van der Waals surface area (Å²) in [7, 11) is 0. The van der Waals surface area contributed by atoms with Gasteiger partial charge in [0.1, 0.15) is 5.58 Å². The van der Waals surface area contributed by atoms with Gasteiger partial charge in [-0.3, -0.25) is 9.59 Å². The van der Waals surface area contributed by atoms with Crippen LogP contribution in [0, 0.1) is 12.8 Å². The maximum Gasteiger partial charge on any atom is 0.308 e. The molecule has 0 radical (unpaired) electrons.